The van der Waals surface area contributed by atoms with Crippen LogP contribution in [0.5, 0.6) is 0 Å². The Labute approximate surface area is 108 Å². The average Bonchev–Trinajstić information content (AvgIpc) is 2.86. The molecule has 0 aliphatic carbocycles. The van der Waals surface area contributed by atoms with Gasteiger partial charge < -0.3 is 10.0 Å². The molecule has 1 aliphatic heterocycles. The molecule has 3 nitrogen and oxygen atoms in total. The van der Waals surface area contributed by atoms with E-state index in [1.54, 1.807) is 0 Å². The minimum absolute atomic E-state index is 0.0514. The third-order valence-corrected chi connectivity index (χ3v) is 3.66. The first-order valence-corrected chi connectivity index (χ1v) is 6.66. The summed E-state index contributed by atoms with van der Waals surface area (Å²) in [6.07, 6.45) is 3.28. The number of hydrogen-bond acceptors (Lipinski definition) is 2. The van der Waals surface area contributed by atoms with Crippen molar-refractivity contribution in [2.45, 2.75) is 38.6 Å². The second kappa shape index (κ2) is 6.01. The van der Waals surface area contributed by atoms with E-state index in [4.69, 9.17) is 0 Å². The van der Waals surface area contributed by atoms with Crippen LogP contribution in [0.3, 0.4) is 0 Å². The molecule has 0 radical (unpaired) electrons. The molecule has 0 aromatic heterocycles. The highest BCUT2D eigenvalue weighted by molar-refractivity contribution is 5.77. The Morgan fingerprint density at radius 1 is 1.39 bits per heavy atom. The number of benzene rings is 1. The van der Waals surface area contributed by atoms with Gasteiger partial charge in [-0.2, -0.15) is 0 Å². The van der Waals surface area contributed by atoms with E-state index in [-0.39, 0.29) is 18.6 Å². The van der Waals surface area contributed by atoms with Crippen molar-refractivity contribution in [1.82, 2.24) is 4.90 Å². The second-order valence-electron chi connectivity index (χ2n) is 5.05. The first-order valence-electron chi connectivity index (χ1n) is 6.66. The van der Waals surface area contributed by atoms with Crippen LogP contribution in [-0.2, 0) is 11.2 Å². The van der Waals surface area contributed by atoms with Crippen molar-refractivity contribution in [1.29, 1.82) is 0 Å². The Balaban J connectivity index is 1.86. The van der Waals surface area contributed by atoms with Crippen LogP contribution in [-0.4, -0.2) is 35.1 Å². The number of aliphatic hydroxyl groups is 1. The van der Waals surface area contributed by atoms with E-state index in [0.717, 1.165) is 25.8 Å². The summed E-state index contributed by atoms with van der Waals surface area (Å²) in [6.45, 7) is 2.96. The zero-order valence-electron chi connectivity index (χ0n) is 10.9. The van der Waals surface area contributed by atoms with Crippen molar-refractivity contribution in [3.8, 4) is 0 Å². The molecule has 2 rings (SSSR count). The number of carbonyl (C=O) groups is 1. The third-order valence-electron chi connectivity index (χ3n) is 3.66. The van der Waals surface area contributed by atoms with Gasteiger partial charge in [0.1, 0.15) is 0 Å². The zero-order chi connectivity index (χ0) is 13.0. The Morgan fingerprint density at radius 3 is 2.78 bits per heavy atom. The molecule has 1 aromatic carbocycles. The molecule has 0 bridgehead atoms. The summed E-state index contributed by atoms with van der Waals surface area (Å²) in [6, 6.07) is 8.36. The van der Waals surface area contributed by atoms with Gasteiger partial charge in [-0.15, -0.1) is 0 Å². The maximum Gasteiger partial charge on any atom is 0.223 e. The summed E-state index contributed by atoms with van der Waals surface area (Å²) in [5.41, 5.74) is 2.44. The van der Waals surface area contributed by atoms with Gasteiger partial charge in [-0.05, 0) is 31.7 Å². The number of likely N-dealkylation sites (tertiary alicyclic amines) is 1. The highest BCUT2D eigenvalue weighted by Gasteiger charge is 2.27. The van der Waals surface area contributed by atoms with Gasteiger partial charge in [-0.25, -0.2) is 0 Å². The molecular weight excluding hydrogens is 226 g/mol. The molecule has 98 valence electrons. The largest absolute Gasteiger partial charge is 0.394 e. The van der Waals surface area contributed by atoms with Crippen LogP contribution < -0.4 is 0 Å². The number of rotatable bonds is 4. The molecule has 3 heteroatoms. The lowest BCUT2D eigenvalue weighted by Gasteiger charge is -2.23. The van der Waals surface area contributed by atoms with Crippen molar-refractivity contribution >= 4 is 5.91 Å². The molecule has 1 unspecified atom stereocenters. The van der Waals surface area contributed by atoms with Crippen LogP contribution in [0.1, 0.15) is 30.4 Å². The van der Waals surface area contributed by atoms with Gasteiger partial charge in [0.05, 0.1) is 12.6 Å². The Morgan fingerprint density at radius 2 is 2.11 bits per heavy atom. The fourth-order valence-corrected chi connectivity index (χ4v) is 2.50. The maximum absolute atomic E-state index is 12.1. The van der Waals surface area contributed by atoms with Crippen molar-refractivity contribution in [2.75, 3.05) is 13.2 Å². The molecule has 1 aromatic rings. The molecule has 0 spiro atoms. The predicted molar refractivity (Wildman–Crippen MR) is 71.3 cm³/mol. The van der Waals surface area contributed by atoms with Gasteiger partial charge in [0.25, 0.3) is 0 Å². The summed E-state index contributed by atoms with van der Waals surface area (Å²) in [4.78, 5) is 13.9. The van der Waals surface area contributed by atoms with E-state index in [0.29, 0.717) is 6.42 Å². The summed E-state index contributed by atoms with van der Waals surface area (Å²) in [5, 5.41) is 9.21. The van der Waals surface area contributed by atoms with Crippen molar-refractivity contribution in [3.05, 3.63) is 35.4 Å². The topological polar surface area (TPSA) is 40.5 Å². The fraction of sp³-hybridized carbons (Fsp3) is 0.533. The lowest BCUT2D eigenvalue weighted by Crippen LogP contribution is -2.37. The van der Waals surface area contributed by atoms with Crippen molar-refractivity contribution in [2.24, 2.45) is 0 Å². The normalized spacial score (nSPS) is 19.2. The van der Waals surface area contributed by atoms with E-state index in [9.17, 15) is 9.90 Å². The van der Waals surface area contributed by atoms with E-state index >= 15 is 0 Å². The number of nitrogens with zero attached hydrogens (tertiary/aromatic N) is 1. The van der Waals surface area contributed by atoms with Crippen LogP contribution >= 0.6 is 0 Å². The summed E-state index contributed by atoms with van der Waals surface area (Å²) in [5.74, 6) is 0.173. The lowest BCUT2D eigenvalue weighted by atomic mass is 10.1. The molecule has 1 atom stereocenters. The smallest absolute Gasteiger partial charge is 0.223 e. The van der Waals surface area contributed by atoms with Crippen LogP contribution in [0.4, 0.5) is 0 Å². The minimum Gasteiger partial charge on any atom is -0.394 e. The standard InChI is InChI=1S/C15H21NO2/c1-12-4-6-13(7-5-12)8-9-15(18)16-10-2-3-14(16)11-17/h4-7,14,17H,2-3,8-11H2,1H3. The van der Waals surface area contributed by atoms with E-state index in [2.05, 4.69) is 31.2 Å². The second-order valence-corrected chi connectivity index (χ2v) is 5.05. The quantitative estimate of drug-likeness (QED) is 0.883. The van der Waals surface area contributed by atoms with Crippen molar-refractivity contribution < 1.29 is 9.90 Å². The molecule has 1 fully saturated rings. The summed E-state index contributed by atoms with van der Waals surface area (Å²) in [7, 11) is 0. The summed E-state index contributed by atoms with van der Waals surface area (Å²) >= 11 is 0. The fourth-order valence-electron chi connectivity index (χ4n) is 2.50. The van der Waals surface area contributed by atoms with Gasteiger partial charge in [0.2, 0.25) is 5.91 Å². The van der Waals surface area contributed by atoms with E-state index in [1.165, 1.54) is 11.1 Å². The monoisotopic (exact) mass is 247 g/mol. The van der Waals surface area contributed by atoms with Crippen molar-refractivity contribution in [3.63, 3.8) is 0 Å². The molecule has 1 saturated heterocycles. The van der Waals surface area contributed by atoms with Crippen LogP contribution in [0.2, 0.25) is 0 Å². The van der Waals surface area contributed by atoms with E-state index < -0.39 is 0 Å². The first kappa shape index (κ1) is 13.1. The average molecular weight is 247 g/mol. The highest BCUT2D eigenvalue weighted by atomic mass is 16.3. The van der Waals surface area contributed by atoms with E-state index in [1.807, 2.05) is 4.90 Å². The number of amides is 1. The molecule has 1 N–H and O–H groups in total. The summed E-state index contributed by atoms with van der Waals surface area (Å²) < 4.78 is 0. The van der Waals surface area contributed by atoms with Gasteiger partial charge in [-0.1, -0.05) is 29.8 Å². The molecule has 18 heavy (non-hydrogen) atoms. The predicted octanol–water partition coefficient (Wildman–Crippen LogP) is 1.91. The highest BCUT2D eigenvalue weighted by Crippen LogP contribution is 2.18. The van der Waals surface area contributed by atoms with Gasteiger partial charge in [0.15, 0.2) is 0 Å². The lowest BCUT2D eigenvalue weighted by molar-refractivity contribution is -0.132. The van der Waals surface area contributed by atoms with Crippen LogP contribution in [0, 0.1) is 6.92 Å². The van der Waals surface area contributed by atoms with Gasteiger partial charge in [-0.3, -0.25) is 4.79 Å². The molecule has 1 amide bonds. The number of hydrogen-bond donors (Lipinski definition) is 1. The van der Waals surface area contributed by atoms with Crippen LogP contribution in [0.25, 0.3) is 0 Å². The number of carbonyl (C=O) groups excluding carboxylic acids is 1. The molecule has 1 aliphatic rings. The van der Waals surface area contributed by atoms with Gasteiger partial charge >= 0.3 is 0 Å². The van der Waals surface area contributed by atoms with Gasteiger partial charge in [0, 0.05) is 13.0 Å². The SMILES string of the molecule is Cc1ccc(CCC(=O)N2CCCC2CO)cc1. The Bertz CT molecular complexity index is 399. The molecule has 1 heterocycles. The minimum atomic E-state index is 0.0514. The number of aryl methyl sites for hydroxylation is 2. The molecular formula is C15H21NO2. The first-order chi connectivity index (χ1) is 8.70. The number of aliphatic hydroxyl groups excluding tert-OH is 1. The van der Waals surface area contributed by atoms with Crippen LogP contribution in [0.15, 0.2) is 24.3 Å². The zero-order valence-corrected chi connectivity index (χ0v) is 10.9. The maximum atomic E-state index is 12.1. The third kappa shape index (κ3) is 3.10. The molecule has 0 saturated carbocycles. The Kier molecular flexibility index (Phi) is 4.37. The Hall–Kier alpha value is -1.35.